The molecule has 0 aromatic heterocycles. The molecule has 1 amide bonds. The molecular weight excluding hydrogens is 260 g/mol. The first kappa shape index (κ1) is 14.8. The van der Waals surface area contributed by atoms with Crippen molar-refractivity contribution in [2.75, 3.05) is 18.4 Å². The maximum absolute atomic E-state index is 12.0. The number of nitrogens with zero attached hydrogens (tertiary/aromatic N) is 1. The molecular formula is C11H13F2N3O3. The van der Waals surface area contributed by atoms with Crippen LogP contribution in [0.15, 0.2) is 18.2 Å². The number of nitro groups is 1. The molecule has 0 radical (unpaired) electrons. The highest BCUT2D eigenvalue weighted by atomic mass is 19.3. The number of benzene rings is 1. The standard InChI is InChI=1S/C11H13F2N3O3/c1-2-14-9-4-3-7(16(18)19)5-8(9)11(17)15-6-10(12)13/h3-5,10,14H,2,6H2,1H3,(H,15,17). The fraction of sp³-hybridized carbons (Fsp3) is 0.364. The molecule has 1 rings (SSSR count). The normalized spacial score (nSPS) is 10.3. The Hall–Kier alpha value is -2.25. The minimum absolute atomic E-state index is 0.0308. The molecule has 1 aromatic rings. The van der Waals surface area contributed by atoms with E-state index in [0.717, 1.165) is 6.07 Å². The van der Waals surface area contributed by atoms with Gasteiger partial charge in [-0.25, -0.2) is 8.78 Å². The predicted octanol–water partition coefficient (Wildman–Crippen LogP) is 2.02. The second-order valence-electron chi connectivity index (χ2n) is 3.62. The second kappa shape index (κ2) is 6.62. The molecule has 6 nitrogen and oxygen atoms in total. The molecule has 0 heterocycles. The van der Waals surface area contributed by atoms with Crippen LogP contribution in [0.4, 0.5) is 20.2 Å². The summed E-state index contributed by atoms with van der Waals surface area (Å²) in [6.45, 7) is 1.47. The molecule has 104 valence electrons. The number of nitrogens with one attached hydrogen (secondary N) is 2. The lowest BCUT2D eigenvalue weighted by molar-refractivity contribution is -0.384. The number of carbonyl (C=O) groups is 1. The van der Waals surface area contributed by atoms with Gasteiger partial charge in [0.05, 0.1) is 17.0 Å². The van der Waals surface area contributed by atoms with Gasteiger partial charge >= 0.3 is 0 Å². The van der Waals surface area contributed by atoms with Crippen LogP contribution in [0, 0.1) is 10.1 Å². The van der Waals surface area contributed by atoms with Crippen molar-refractivity contribution in [3.8, 4) is 0 Å². The van der Waals surface area contributed by atoms with Gasteiger partial charge in [-0.1, -0.05) is 0 Å². The van der Waals surface area contributed by atoms with Crippen molar-refractivity contribution in [1.82, 2.24) is 5.32 Å². The van der Waals surface area contributed by atoms with E-state index in [0.29, 0.717) is 12.2 Å². The molecule has 0 aliphatic carbocycles. The Kier molecular flexibility index (Phi) is 5.16. The van der Waals surface area contributed by atoms with E-state index < -0.39 is 23.8 Å². The lowest BCUT2D eigenvalue weighted by Crippen LogP contribution is -2.29. The number of anilines is 1. The fourth-order valence-electron chi connectivity index (χ4n) is 1.44. The fourth-order valence-corrected chi connectivity index (χ4v) is 1.44. The van der Waals surface area contributed by atoms with Crippen LogP contribution < -0.4 is 10.6 Å². The highest BCUT2D eigenvalue weighted by Gasteiger charge is 2.17. The number of hydrogen-bond donors (Lipinski definition) is 2. The maximum Gasteiger partial charge on any atom is 0.270 e. The predicted molar refractivity (Wildman–Crippen MR) is 65.6 cm³/mol. The summed E-state index contributed by atoms with van der Waals surface area (Å²) in [5, 5.41) is 15.5. The number of non-ortho nitro benzene ring substituents is 1. The summed E-state index contributed by atoms with van der Waals surface area (Å²) in [7, 11) is 0. The van der Waals surface area contributed by atoms with Gasteiger partial charge in [0, 0.05) is 24.4 Å². The number of hydrogen-bond acceptors (Lipinski definition) is 4. The molecule has 2 N–H and O–H groups in total. The molecule has 0 saturated carbocycles. The molecule has 0 atom stereocenters. The van der Waals surface area contributed by atoms with Crippen molar-refractivity contribution in [3.63, 3.8) is 0 Å². The quantitative estimate of drug-likeness (QED) is 0.613. The van der Waals surface area contributed by atoms with Crippen molar-refractivity contribution in [3.05, 3.63) is 33.9 Å². The minimum atomic E-state index is -2.68. The third-order valence-corrected chi connectivity index (χ3v) is 2.24. The van der Waals surface area contributed by atoms with Crippen molar-refractivity contribution >= 4 is 17.3 Å². The van der Waals surface area contributed by atoms with Crippen LogP contribution in [0.3, 0.4) is 0 Å². The first-order chi connectivity index (χ1) is 8.95. The van der Waals surface area contributed by atoms with Crippen LogP contribution in [-0.4, -0.2) is 30.3 Å². The summed E-state index contributed by atoms with van der Waals surface area (Å²) in [5.74, 6) is -0.778. The Morgan fingerprint density at radius 1 is 1.47 bits per heavy atom. The van der Waals surface area contributed by atoms with Crippen LogP contribution >= 0.6 is 0 Å². The van der Waals surface area contributed by atoms with E-state index in [9.17, 15) is 23.7 Å². The summed E-state index contributed by atoms with van der Waals surface area (Å²) >= 11 is 0. The number of amides is 1. The minimum Gasteiger partial charge on any atom is -0.385 e. The van der Waals surface area contributed by atoms with Crippen molar-refractivity contribution in [1.29, 1.82) is 0 Å². The molecule has 0 saturated heterocycles. The van der Waals surface area contributed by atoms with E-state index in [2.05, 4.69) is 5.32 Å². The molecule has 0 aliphatic rings. The second-order valence-corrected chi connectivity index (χ2v) is 3.62. The number of alkyl halides is 2. The summed E-state index contributed by atoms with van der Waals surface area (Å²) in [6, 6.07) is 3.67. The van der Waals surface area contributed by atoms with E-state index in [1.807, 2.05) is 5.32 Å². The summed E-state index contributed by atoms with van der Waals surface area (Å²) in [6.07, 6.45) is -2.68. The maximum atomic E-state index is 12.0. The first-order valence-corrected chi connectivity index (χ1v) is 5.54. The molecule has 0 spiro atoms. The molecule has 19 heavy (non-hydrogen) atoms. The van der Waals surface area contributed by atoms with Crippen molar-refractivity contribution in [2.24, 2.45) is 0 Å². The van der Waals surface area contributed by atoms with Gasteiger partial charge in [0.25, 0.3) is 18.0 Å². The largest absolute Gasteiger partial charge is 0.385 e. The number of nitro benzene ring substituents is 1. The van der Waals surface area contributed by atoms with Gasteiger partial charge in [0.1, 0.15) is 0 Å². The van der Waals surface area contributed by atoms with Gasteiger partial charge in [-0.05, 0) is 13.0 Å². The molecule has 1 aromatic carbocycles. The van der Waals surface area contributed by atoms with E-state index in [4.69, 9.17) is 0 Å². The summed E-state index contributed by atoms with van der Waals surface area (Å²) in [4.78, 5) is 21.7. The summed E-state index contributed by atoms with van der Waals surface area (Å²) in [5.41, 5.74) is 0.0559. The topological polar surface area (TPSA) is 84.3 Å². The van der Waals surface area contributed by atoms with Crippen LogP contribution in [-0.2, 0) is 0 Å². The number of rotatable bonds is 6. The lowest BCUT2D eigenvalue weighted by Gasteiger charge is -2.10. The third-order valence-electron chi connectivity index (χ3n) is 2.24. The van der Waals surface area contributed by atoms with Gasteiger partial charge in [-0.15, -0.1) is 0 Å². The Morgan fingerprint density at radius 2 is 2.16 bits per heavy atom. The number of carbonyl (C=O) groups excluding carboxylic acids is 1. The lowest BCUT2D eigenvalue weighted by atomic mass is 10.1. The van der Waals surface area contributed by atoms with Gasteiger partial charge in [-0.2, -0.15) is 0 Å². The van der Waals surface area contributed by atoms with Gasteiger partial charge in [0.2, 0.25) is 0 Å². The molecule has 0 bridgehead atoms. The van der Waals surface area contributed by atoms with E-state index >= 15 is 0 Å². The average molecular weight is 273 g/mol. The van der Waals surface area contributed by atoms with E-state index in [1.165, 1.54) is 12.1 Å². The van der Waals surface area contributed by atoms with Crippen LogP contribution in [0.1, 0.15) is 17.3 Å². The van der Waals surface area contributed by atoms with Gasteiger partial charge in [0.15, 0.2) is 0 Å². The number of halogens is 2. The Balaban J connectivity index is 3.02. The first-order valence-electron chi connectivity index (χ1n) is 5.54. The highest BCUT2D eigenvalue weighted by molar-refractivity contribution is 6.00. The zero-order valence-corrected chi connectivity index (χ0v) is 10.2. The van der Waals surface area contributed by atoms with Crippen LogP contribution in [0.5, 0.6) is 0 Å². The van der Waals surface area contributed by atoms with Crippen LogP contribution in [0.2, 0.25) is 0 Å². The Morgan fingerprint density at radius 3 is 2.68 bits per heavy atom. The zero-order valence-electron chi connectivity index (χ0n) is 10.2. The Bertz CT molecular complexity index is 480. The third kappa shape index (κ3) is 4.16. The summed E-state index contributed by atoms with van der Waals surface area (Å²) < 4.78 is 24.1. The molecule has 0 fully saturated rings. The van der Waals surface area contributed by atoms with Crippen molar-refractivity contribution < 1.29 is 18.5 Å². The Labute approximate surface area is 108 Å². The van der Waals surface area contributed by atoms with Gasteiger partial charge < -0.3 is 10.6 Å². The molecule has 8 heteroatoms. The highest BCUT2D eigenvalue weighted by Crippen LogP contribution is 2.22. The molecule has 0 aliphatic heterocycles. The molecule has 0 unspecified atom stereocenters. The zero-order chi connectivity index (χ0) is 14.4. The monoisotopic (exact) mass is 273 g/mol. The average Bonchev–Trinajstić information content (AvgIpc) is 2.36. The van der Waals surface area contributed by atoms with E-state index in [-0.39, 0.29) is 11.3 Å². The van der Waals surface area contributed by atoms with Crippen molar-refractivity contribution in [2.45, 2.75) is 13.3 Å². The van der Waals surface area contributed by atoms with Gasteiger partial charge in [-0.3, -0.25) is 14.9 Å². The SMILES string of the molecule is CCNc1ccc([N+](=O)[O-])cc1C(=O)NCC(F)F. The smallest absolute Gasteiger partial charge is 0.270 e. The van der Waals surface area contributed by atoms with Crippen LogP contribution in [0.25, 0.3) is 0 Å². The van der Waals surface area contributed by atoms with E-state index in [1.54, 1.807) is 6.92 Å².